The van der Waals surface area contributed by atoms with Gasteiger partial charge in [-0.15, -0.1) is 0 Å². The lowest BCUT2D eigenvalue weighted by atomic mass is 10.1. The highest BCUT2D eigenvalue weighted by atomic mass is 16.7. The summed E-state index contributed by atoms with van der Waals surface area (Å²) in [5, 5.41) is 2.99. The largest absolute Gasteiger partial charge is 0.497 e. The molecule has 0 aromatic heterocycles. The number of aryl methyl sites for hydroxylation is 1. The third-order valence-electron chi connectivity index (χ3n) is 5.79. The van der Waals surface area contributed by atoms with Gasteiger partial charge in [0.15, 0.2) is 11.5 Å². The Morgan fingerprint density at radius 3 is 2.48 bits per heavy atom. The quantitative estimate of drug-likeness (QED) is 0.489. The van der Waals surface area contributed by atoms with E-state index < -0.39 is 6.04 Å². The molecule has 33 heavy (non-hydrogen) atoms. The summed E-state index contributed by atoms with van der Waals surface area (Å²) in [7, 11) is 1.62. The van der Waals surface area contributed by atoms with Gasteiger partial charge in [0.05, 0.1) is 7.11 Å². The summed E-state index contributed by atoms with van der Waals surface area (Å²) in [6.45, 7) is 5.23. The van der Waals surface area contributed by atoms with Crippen molar-refractivity contribution in [2.75, 3.05) is 20.4 Å². The minimum absolute atomic E-state index is 0.0547. The SMILES string of the molecule is CCCCNC(=O)[C@H](CC)N(Cc1ccc(OC)cc1)C(=O)CCc1ccc2c(c1)OCO2. The van der Waals surface area contributed by atoms with Gasteiger partial charge in [-0.3, -0.25) is 9.59 Å². The van der Waals surface area contributed by atoms with Crippen molar-refractivity contribution in [3.05, 3.63) is 53.6 Å². The number of nitrogens with zero attached hydrogens (tertiary/aromatic N) is 1. The summed E-state index contributed by atoms with van der Waals surface area (Å²) in [4.78, 5) is 28.0. The van der Waals surface area contributed by atoms with Crippen LogP contribution in [0.4, 0.5) is 0 Å². The average molecular weight is 455 g/mol. The minimum Gasteiger partial charge on any atom is -0.497 e. The smallest absolute Gasteiger partial charge is 0.242 e. The molecule has 1 atom stereocenters. The fraction of sp³-hybridized carbons (Fsp3) is 0.462. The molecule has 0 saturated carbocycles. The van der Waals surface area contributed by atoms with Crippen LogP contribution in [-0.2, 0) is 22.6 Å². The van der Waals surface area contributed by atoms with Crippen molar-refractivity contribution in [2.45, 2.75) is 58.5 Å². The standard InChI is InChI=1S/C26H34N2O5/c1-4-6-15-27-26(30)22(5-2)28(17-20-7-11-21(31-3)12-8-20)25(29)14-10-19-9-13-23-24(16-19)33-18-32-23/h7-9,11-13,16,22H,4-6,10,14-15,17-18H2,1-3H3,(H,27,30)/t22-/m0/s1. The monoisotopic (exact) mass is 454 g/mol. The fourth-order valence-corrected chi connectivity index (χ4v) is 3.84. The molecule has 1 aliphatic rings. The molecule has 0 unspecified atom stereocenters. The number of carbonyl (C=O) groups is 2. The van der Waals surface area contributed by atoms with Gasteiger partial charge in [-0.2, -0.15) is 0 Å². The number of methoxy groups -OCH3 is 1. The zero-order valence-corrected chi connectivity index (χ0v) is 19.8. The third kappa shape index (κ3) is 6.63. The molecule has 1 N–H and O–H groups in total. The zero-order valence-electron chi connectivity index (χ0n) is 19.8. The van der Waals surface area contributed by atoms with E-state index in [9.17, 15) is 9.59 Å². The van der Waals surface area contributed by atoms with Crippen molar-refractivity contribution < 1.29 is 23.8 Å². The number of benzene rings is 2. The van der Waals surface area contributed by atoms with Crippen LogP contribution in [0, 0.1) is 0 Å². The molecule has 0 saturated heterocycles. The summed E-state index contributed by atoms with van der Waals surface area (Å²) in [5.74, 6) is 2.03. The molecule has 1 aliphatic heterocycles. The van der Waals surface area contributed by atoms with Crippen LogP contribution in [0.1, 0.15) is 50.7 Å². The lowest BCUT2D eigenvalue weighted by Crippen LogP contribution is -2.49. The van der Waals surface area contributed by atoms with E-state index >= 15 is 0 Å². The van der Waals surface area contributed by atoms with E-state index in [1.54, 1.807) is 12.0 Å². The Kier molecular flexibility index (Phi) is 8.98. The topological polar surface area (TPSA) is 77.1 Å². The summed E-state index contributed by atoms with van der Waals surface area (Å²) in [5.41, 5.74) is 1.95. The predicted octanol–water partition coefficient (Wildman–Crippen LogP) is 4.08. The molecule has 0 fully saturated rings. The molecule has 2 aromatic rings. The number of rotatable bonds is 12. The van der Waals surface area contributed by atoms with Crippen LogP contribution in [0.25, 0.3) is 0 Å². The van der Waals surface area contributed by atoms with E-state index in [0.29, 0.717) is 38.1 Å². The molecular weight excluding hydrogens is 420 g/mol. The first kappa shape index (κ1) is 24.4. The molecule has 0 aliphatic carbocycles. The first-order chi connectivity index (χ1) is 16.0. The van der Waals surface area contributed by atoms with Crippen molar-refractivity contribution in [3.8, 4) is 17.2 Å². The first-order valence-electron chi connectivity index (χ1n) is 11.6. The van der Waals surface area contributed by atoms with Gasteiger partial charge in [0.1, 0.15) is 11.8 Å². The molecule has 0 bridgehead atoms. The van der Waals surface area contributed by atoms with Crippen LogP contribution >= 0.6 is 0 Å². The predicted molar refractivity (Wildman–Crippen MR) is 126 cm³/mol. The Balaban J connectivity index is 1.73. The van der Waals surface area contributed by atoms with Gasteiger partial charge < -0.3 is 24.4 Å². The Morgan fingerprint density at radius 2 is 1.79 bits per heavy atom. The molecule has 0 radical (unpaired) electrons. The van der Waals surface area contributed by atoms with Gasteiger partial charge in [-0.25, -0.2) is 0 Å². The Bertz CT molecular complexity index is 929. The lowest BCUT2D eigenvalue weighted by molar-refractivity contribution is -0.141. The maximum atomic E-state index is 13.4. The van der Waals surface area contributed by atoms with Crippen LogP contribution in [0.15, 0.2) is 42.5 Å². The number of hydrogen-bond acceptors (Lipinski definition) is 5. The van der Waals surface area contributed by atoms with Gasteiger partial charge in [-0.1, -0.05) is 38.5 Å². The highest BCUT2D eigenvalue weighted by Crippen LogP contribution is 2.32. The Hall–Kier alpha value is -3.22. The van der Waals surface area contributed by atoms with Gasteiger partial charge in [0, 0.05) is 19.5 Å². The van der Waals surface area contributed by atoms with Crippen LogP contribution in [0.2, 0.25) is 0 Å². The summed E-state index contributed by atoms with van der Waals surface area (Å²) in [6.07, 6.45) is 3.32. The van der Waals surface area contributed by atoms with Crippen molar-refractivity contribution in [2.24, 2.45) is 0 Å². The summed E-state index contributed by atoms with van der Waals surface area (Å²) < 4.78 is 16.0. The Labute approximate surface area is 196 Å². The molecule has 0 spiro atoms. The van der Waals surface area contributed by atoms with Gasteiger partial charge in [0.25, 0.3) is 0 Å². The van der Waals surface area contributed by atoms with E-state index in [-0.39, 0.29) is 18.6 Å². The van der Waals surface area contributed by atoms with Crippen molar-refractivity contribution >= 4 is 11.8 Å². The van der Waals surface area contributed by atoms with E-state index in [4.69, 9.17) is 14.2 Å². The molecule has 1 heterocycles. The molecule has 178 valence electrons. The zero-order chi connectivity index (χ0) is 23.6. The molecule has 2 aromatic carbocycles. The van der Waals surface area contributed by atoms with Crippen molar-refractivity contribution in [1.82, 2.24) is 10.2 Å². The third-order valence-corrected chi connectivity index (χ3v) is 5.79. The van der Waals surface area contributed by atoms with Crippen LogP contribution < -0.4 is 19.5 Å². The molecule has 7 heteroatoms. The van der Waals surface area contributed by atoms with Gasteiger partial charge in [0.2, 0.25) is 18.6 Å². The molecule has 7 nitrogen and oxygen atoms in total. The maximum absolute atomic E-state index is 13.4. The fourth-order valence-electron chi connectivity index (χ4n) is 3.84. The minimum atomic E-state index is -0.520. The van der Waals surface area contributed by atoms with Crippen LogP contribution in [0.5, 0.6) is 17.2 Å². The first-order valence-corrected chi connectivity index (χ1v) is 11.6. The number of amides is 2. The van der Waals surface area contributed by atoms with Crippen molar-refractivity contribution in [3.63, 3.8) is 0 Å². The number of nitrogens with one attached hydrogen (secondary N) is 1. The van der Waals surface area contributed by atoms with Gasteiger partial charge >= 0.3 is 0 Å². The normalized spacial score (nSPS) is 12.8. The molecule has 3 rings (SSSR count). The summed E-state index contributed by atoms with van der Waals surface area (Å²) >= 11 is 0. The van der Waals surface area contributed by atoms with Crippen LogP contribution in [0.3, 0.4) is 0 Å². The van der Waals surface area contributed by atoms with E-state index in [1.807, 2.05) is 49.4 Å². The number of carbonyl (C=O) groups excluding carboxylic acids is 2. The second kappa shape index (κ2) is 12.1. The van der Waals surface area contributed by atoms with Crippen molar-refractivity contribution in [1.29, 1.82) is 0 Å². The van der Waals surface area contributed by atoms with E-state index in [0.717, 1.165) is 35.5 Å². The van der Waals surface area contributed by atoms with E-state index in [2.05, 4.69) is 12.2 Å². The van der Waals surface area contributed by atoms with E-state index in [1.165, 1.54) is 0 Å². The lowest BCUT2D eigenvalue weighted by Gasteiger charge is -2.31. The number of unbranched alkanes of at least 4 members (excludes halogenated alkanes) is 1. The number of ether oxygens (including phenoxy) is 3. The Morgan fingerprint density at radius 1 is 1.06 bits per heavy atom. The second-order valence-corrected chi connectivity index (χ2v) is 8.13. The number of hydrogen-bond donors (Lipinski definition) is 1. The summed E-state index contributed by atoms with van der Waals surface area (Å²) in [6, 6.07) is 12.8. The molecule has 2 amide bonds. The number of fused-ring (bicyclic) bond motifs is 1. The maximum Gasteiger partial charge on any atom is 0.242 e. The molecular formula is C26H34N2O5. The highest BCUT2D eigenvalue weighted by Gasteiger charge is 2.28. The van der Waals surface area contributed by atoms with Crippen LogP contribution in [-0.4, -0.2) is 43.2 Å². The second-order valence-electron chi connectivity index (χ2n) is 8.13. The van der Waals surface area contributed by atoms with Gasteiger partial charge in [-0.05, 0) is 54.7 Å². The average Bonchev–Trinajstić information content (AvgIpc) is 3.31. The highest BCUT2D eigenvalue weighted by molar-refractivity contribution is 5.87.